The Morgan fingerprint density at radius 3 is 3.00 bits per heavy atom. The number of H-pyrrole nitrogens is 1. The third-order valence-corrected chi connectivity index (χ3v) is 2.46. The van der Waals surface area contributed by atoms with Gasteiger partial charge in [-0.25, -0.2) is 0 Å². The van der Waals surface area contributed by atoms with Crippen molar-refractivity contribution in [2.24, 2.45) is 0 Å². The second-order valence-corrected chi connectivity index (χ2v) is 3.97. The van der Waals surface area contributed by atoms with Gasteiger partial charge in [-0.3, -0.25) is 9.89 Å². The largest absolute Gasteiger partial charge is 0.444 e. The zero-order valence-electron chi connectivity index (χ0n) is 8.37. The molecule has 0 radical (unpaired) electrons. The molecule has 0 bridgehead atoms. The van der Waals surface area contributed by atoms with Gasteiger partial charge in [0.25, 0.3) is 5.91 Å². The number of furan rings is 1. The van der Waals surface area contributed by atoms with E-state index in [-0.39, 0.29) is 5.91 Å². The molecule has 5 nitrogen and oxygen atoms in total. The lowest BCUT2D eigenvalue weighted by Gasteiger charge is -2.01. The molecule has 0 saturated carbocycles. The molecule has 2 rings (SSSR count). The highest BCUT2D eigenvalue weighted by atomic mass is 79.9. The van der Waals surface area contributed by atoms with Crippen LogP contribution in [0.1, 0.15) is 16.2 Å². The number of aromatic nitrogens is 2. The summed E-state index contributed by atoms with van der Waals surface area (Å²) in [5, 5.41) is 9.39. The van der Waals surface area contributed by atoms with Crippen molar-refractivity contribution >= 4 is 21.8 Å². The van der Waals surface area contributed by atoms with Crippen LogP contribution in [0.4, 0.5) is 0 Å². The van der Waals surface area contributed by atoms with Gasteiger partial charge in [0.05, 0.1) is 0 Å². The number of nitrogens with zero attached hydrogens (tertiary/aromatic N) is 1. The molecule has 0 aliphatic carbocycles. The van der Waals surface area contributed by atoms with Crippen LogP contribution in [0.3, 0.4) is 0 Å². The molecular weight excluding hydrogens is 274 g/mol. The Morgan fingerprint density at radius 2 is 2.38 bits per heavy atom. The Kier molecular flexibility index (Phi) is 3.40. The standard InChI is InChI=1S/C10H10BrN3O2/c11-9-2-1-8(16-9)10(15)12-5-3-7-4-6-13-14-7/h1-2,4,6H,3,5H2,(H,12,15)(H,13,14). The van der Waals surface area contributed by atoms with Gasteiger partial charge in [-0.2, -0.15) is 5.10 Å². The van der Waals surface area contributed by atoms with Gasteiger partial charge < -0.3 is 9.73 Å². The summed E-state index contributed by atoms with van der Waals surface area (Å²) in [6.45, 7) is 0.541. The third kappa shape index (κ3) is 2.73. The van der Waals surface area contributed by atoms with Crippen molar-refractivity contribution in [2.45, 2.75) is 6.42 Å². The highest BCUT2D eigenvalue weighted by molar-refractivity contribution is 9.10. The van der Waals surface area contributed by atoms with Gasteiger partial charge in [-0.1, -0.05) is 0 Å². The number of rotatable bonds is 4. The second-order valence-electron chi connectivity index (χ2n) is 3.19. The summed E-state index contributed by atoms with van der Waals surface area (Å²) in [6, 6.07) is 5.18. The first-order valence-corrected chi connectivity index (χ1v) is 5.57. The van der Waals surface area contributed by atoms with Gasteiger partial charge in [0.15, 0.2) is 10.4 Å². The maximum atomic E-state index is 11.5. The van der Waals surface area contributed by atoms with Crippen LogP contribution in [0.25, 0.3) is 0 Å². The molecule has 0 spiro atoms. The van der Waals surface area contributed by atoms with Crippen LogP contribution in [-0.4, -0.2) is 22.6 Å². The van der Waals surface area contributed by atoms with Crippen molar-refractivity contribution in [3.8, 4) is 0 Å². The lowest BCUT2D eigenvalue weighted by molar-refractivity contribution is 0.0925. The summed E-state index contributed by atoms with van der Waals surface area (Å²) in [7, 11) is 0. The molecule has 0 atom stereocenters. The third-order valence-electron chi connectivity index (χ3n) is 2.04. The minimum Gasteiger partial charge on any atom is -0.444 e. The molecule has 0 saturated heterocycles. The Hall–Kier alpha value is -1.56. The van der Waals surface area contributed by atoms with Gasteiger partial charge in [0.1, 0.15) is 0 Å². The topological polar surface area (TPSA) is 70.9 Å². The predicted molar refractivity (Wildman–Crippen MR) is 61.0 cm³/mol. The van der Waals surface area contributed by atoms with Crippen molar-refractivity contribution < 1.29 is 9.21 Å². The van der Waals surface area contributed by atoms with E-state index in [1.54, 1.807) is 18.3 Å². The van der Waals surface area contributed by atoms with Gasteiger partial charge in [-0.15, -0.1) is 0 Å². The number of nitrogens with one attached hydrogen (secondary N) is 2. The van der Waals surface area contributed by atoms with Crippen LogP contribution >= 0.6 is 15.9 Å². The van der Waals surface area contributed by atoms with Crippen LogP contribution in [0.2, 0.25) is 0 Å². The summed E-state index contributed by atoms with van der Waals surface area (Å²) in [5.41, 5.74) is 0.987. The van der Waals surface area contributed by atoms with E-state index in [1.165, 1.54) is 0 Å². The molecule has 6 heteroatoms. The molecular formula is C10H10BrN3O2. The van der Waals surface area contributed by atoms with E-state index >= 15 is 0 Å². The Bertz CT molecular complexity index is 464. The quantitative estimate of drug-likeness (QED) is 0.898. The number of hydrogen-bond acceptors (Lipinski definition) is 3. The Labute approximate surface area is 100 Å². The Morgan fingerprint density at radius 1 is 1.50 bits per heavy atom. The molecule has 84 valence electrons. The molecule has 0 unspecified atom stereocenters. The Balaban J connectivity index is 1.80. The smallest absolute Gasteiger partial charge is 0.287 e. The summed E-state index contributed by atoms with van der Waals surface area (Å²) in [6.07, 6.45) is 2.40. The minimum absolute atomic E-state index is 0.217. The molecule has 2 aromatic heterocycles. The van der Waals surface area contributed by atoms with Gasteiger partial charge in [0.2, 0.25) is 0 Å². The second kappa shape index (κ2) is 4.98. The normalized spacial score (nSPS) is 10.3. The van der Waals surface area contributed by atoms with Crippen LogP contribution in [0, 0.1) is 0 Å². The van der Waals surface area contributed by atoms with Crippen molar-refractivity contribution in [3.05, 3.63) is 40.5 Å². The first kappa shape index (κ1) is 10.9. The van der Waals surface area contributed by atoms with Crippen LogP contribution in [-0.2, 0) is 6.42 Å². The van der Waals surface area contributed by atoms with E-state index in [0.717, 1.165) is 5.69 Å². The monoisotopic (exact) mass is 283 g/mol. The number of carbonyl (C=O) groups is 1. The fraction of sp³-hybridized carbons (Fsp3) is 0.200. The van der Waals surface area contributed by atoms with E-state index < -0.39 is 0 Å². The summed E-state index contributed by atoms with van der Waals surface area (Å²) < 4.78 is 5.66. The molecule has 2 aromatic rings. The number of halogens is 1. The highest BCUT2D eigenvalue weighted by Gasteiger charge is 2.09. The lowest BCUT2D eigenvalue weighted by Crippen LogP contribution is -2.25. The van der Waals surface area contributed by atoms with Gasteiger partial charge >= 0.3 is 0 Å². The predicted octanol–water partition coefficient (Wildman–Crippen LogP) is 1.74. The molecule has 2 N–H and O–H groups in total. The van der Waals surface area contributed by atoms with Crippen molar-refractivity contribution in [3.63, 3.8) is 0 Å². The van der Waals surface area contributed by atoms with E-state index in [9.17, 15) is 4.79 Å². The average Bonchev–Trinajstić information content (AvgIpc) is 2.89. The SMILES string of the molecule is O=C(NCCc1ccn[nH]1)c1ccc(Br)o1. The zero-order valence-corrected chi connectivity index (χ0v) is 9.95. The van der Waals surface area contributed by atoms with Gasteiger partial charge in [-0.05, 0) is 34.1 Å². The number of carbonyl (C=O) groups excluding carboxylic acids is 1. The average molecular weight is 284 g/mol. The fourth-order valence-electron chi connectivity index (χ4n) is 1.26. The molecule has 0 aliphatic rings. The van der Waals surface area contributed by atoms with Crippen LogP contribution in [0.15, 0.2) is 33.5 Å². The van der Waals surface area contributed by atoms with Crippen molar-refractivity contribution in [1.82, 2.24) is 15.5 Å². The number of hydrogen-bond donors (Lipinski definition) is 2. The first-order chi connectivity index (χ1) is 7.75. The fourth-order valence-corrected chi connectivity index (χ4v) is 1.56. The first-order valence-electron chi connectivity index (χ1n) is 4.77. The zero-order chi connectivity index (χ0) is 11.4. The molecule has 0 aromatic carbocycles. The van der Waals surface area contributed by atoms with Crippen LogP contribution < -0.4 is 5.32 Å². The molecule has 0 fully saturated rings. The van der Waals surface area contributed by atoms with E-state index in [1.807, 2.05) is 6.07 Å². The van der Waals surface area contributed by atoms with Crippen LogP contribution in [0.5, 0.6) is 0 Å². The van der Waals surface area contributed by atoms with E-state index in [0.29, 0.717) is 23.4 Å². The number of aromatic amines is 1. The van der Waals surface area contributed by atoms with E-state index in [2.05, 4.69) is 31.4 Å². The summed E-state index contributed by atoms with van der Waals surface area (Å²) >= 11 is 3.14. The molecule has 2 heterocycles. The summed E-state index contributed by atoms with van der Waals surface area (Å²) in [4.78, 5) is 11.5. The lowest BCUT2D eigenvalue weighted by atomic mass is 10.3. The highest BCUT2D eigenvalue weighted by Crippen LogP contribution is 2.13. The molecule has 16 heavy (non-hydrogen) atoms. The minimum atomic E-state index is -0.217. The molecule has 1 amide bonds. The maximum Gasteiger partial charge on any atom is 0.287 e. The maximum absolute atomic E-state index is 11.5. The number of amides is 1. The van der Waals surface area contributed by atoms with Crippen molar-refractivity contribution in [1.29, 1.82) is 0 Å². The van der Waals surface area contributed by atoms with E-state index in [4.69, 9.17) is 4.42 Å². The van der Waals surface area contributed by atoms with Crippen molar-refractivity contribution in [2.75, 3.05) is 6.54 Å². The molecule has 0 aliphatic heterocycles. The summed E-state index contributed by atoms with van der Waals surface area (Å²) in [5.74, 6) is 0.0849. The van der Waals surface area contributed by atoms with Gasteiger partial charge in [0, 0.05) is 24.9 Å².